The molecule has 2 aromatic carbocycles. The van der Waals surface area contributed by atoms with E-state index in [0.717, 1.165) is 18.4 Å². The molecule has 156 valence electrons. The molecule has 30 heavy (non-hydrogen) atoms. The number of aromatic nitrogens is 2. The average Bonchev–Trinajstić information content (AvgIpc) is 3.61. The van der Waals surface area contributed by atoms with E-state index in [-0.39, 0.29) is 23.3 Å². The SMILES string of the molecule is COCCN(Cc1ccccc1)C(=O)CSc1nc2ccccc2c(=O)n1C1CC1. The van der Waals surface area contributed by atoms with Crippen LogP contribution in [0.5, 0.6) is 0 Å². The molecule has 4 rings (SSSR count). The maximum Gasteiger partial charge on any atom is 0.262 e. The fourth-order valence-corrected chi connectivity index (χ4v) is 4.37. The number of carbonyl (C=O) groups is 1. The molecule has 7 heteroatoms. The quantitative estimate of drug-likeness (QED) is 0.389. The maximum absolute atomic E-state index is 13.0. The van der Waals surface area contributed by atoms with Gasteiger partial charge in [-0.1, -0.05) is 54.2 Å². The molecule has 6 nitrogen and oxygen atoms in total. The van der Waals surface area contributed by atoms with Crippen LogP contribution < -0.4 is 5.56 Å². The topological polar surface area (TPSA) is 64.4 Å². The Morgan fingerprint density at radius 1 is 1.17 bits per heavy atom. The lowest BCUT2D eigenvalue weighted by Gasteiger charge is -2.22. The summed E-state index contributed by atoms with van der Waals surface area (Å²) >= 11 is 1.34. The first-order valence-corrected chi connectivity index (χ1v) is 11.1. The Hall–Kier alpha value is -2.64. The number of hydrogen-bond donors (Lipinski definition) is 0. The highest BCUT2D eigenvalue weighted by molar-refractivity contribution is 7.99. The van der Waals surface area contributed by atoms with Crippen molar-refractivity contribution in [1.29, 1.82) is 0 Å². The molecular weight excluding hydrogens is 398 g/mol. The highest BCUT2D eigenvalue weighted by atomic mass is 32.2. The molecule has 0 saturated heterocycles. The van der Waals surface area contributed by atoms with Crippen LogP contribution in [-0.4, -0.2) is 46.4 Å². The first kappa shape index (κ1) is 20.6. The second kappa shape index (κ2) is 9.45. The third-order valence-corrected chi connectivity index (χ3v) is 6.08. The number of para-hydroxylation sites is 1. The molecular formula is C23H25N3O3S. The summed E-state index contributed by atoms with van der Waals surface area (Å²) in [4.78, 5) is 32.5. The molecule has 0 atom stereocenters. The highest BCUT2D eigenvalue weighted by Crippen LogP contribution is 2.36. The van der Waals surface area contributed by atoms with Gasteiger partial charge in [0.1, 0.15) is 0 Å². The van der Waals surface area contributed by atoms with Crippen molar-refractivity contribution in [3.8, 4) is 0 Å². The van der Waals surface area contributed by atoms with Crippen LogP contribution in [-0.2, 0) is 16.1 Å². The van der Waals surface area contributed by atoms with Gasteiger partial charge in [-0.3, -0.25) is 14.2 Å². The Kier molecular flexibility index (Phi) is 6.50. The number of methoxy groups -OCH3 is 1. The van der Waals surface area contributed by atoms with E-state index in [2.05, 4.69) is 0 Å². The number of carbonyl (C=O) groups excluding carboxylic acids is 1. The second-order valence-corrected chi connectivity index (χ2v) is 8.34. The zero-order valence-electron chi connectivity index (χ0n) is 17.0. The normalized spacial score (nSPS) is 13.5. The Labute approximate surface area is 179 Å². The van der Waals surface area contributed by atoms with Crippen LogP contribution in [0, 0.1) is 0 Å². The number of rotatable bonds is 9. The average molecular weight is 424 g/mol. The summed E-state index contributed by atoms with van der Waals surface area (Å²) in [7, 11) is 1.63. The van der Waals surface area contributed by atoms with Crippen LogP contribution >= 0.6 is 11.8 Å². The largest absolute Gasteiger partial charge is 0.383 e. The molecule has 3 aromatic rings. The molecule has 1 aromatic heterocycles. The van der Waals surface area contributed by atoms with Crippen molar-refractivity contribution in [1.82, 2.24) is 14.5 Å². The first-order valence-electron chi connectivity index (χ1n) is 10.1. The number of hydrogen-bond acceptors (Lipinski definition) is 5. The van der Waals surface area contributed by atoms with E-state index in [0.29, 0.717) is 35.8 Å². The number of ether oxygens (including phenoxy) is 1. The molecule has 1 amide bonds. The lowest BCUT2D eigenvalue weighted by Crippen LogP contribution is -2.35. The number of amides is 1. The van der Waals surface area contributed by atoms with E-state index < -0.39 is 0 Å². The molecule has 0 unspecified atom stereocenters. The van der Waals surface area contributed by atoms with Crippen molar-refractivity contribution in [3.63, 3.8) is 0 Å². The van der Waals surface area contributed by atoms with E-state index in [1.807, 2.05) is 54.6 Å². The van der Waals surface area contributed by atoms with Gasteiger partial charge in [0.15, 0.2) is 5.16 Å². The minimum atomic E-state index is -0.0152. The number of thioether (sulfide) groups is 1. The van der Waals surface area contributed by atoms with E-state index in [9.17, 15) is 9.59 Å². The third-order valence-electron chi connectivity index (χ3n) is 5.15. The number of nitrogens with zero attached hydrogens (tertiary/aromatic N) is 3. The summed E-state index contributed by atoms with van der Waals surface area (Å²) in [5.41, 5.74) is 1.74. The molecule has 0 radical (unpaired) electrons. The molecule has 1 fully saturated rings. The standard InChI is InChI=1S/C23H25N3O3S/c1-29-14-13-25(15-17-7-3-2-4-8-17)21(27)16-30-23-24-20-10-6-5-9-19(20)22(28)26(23)18-11-12-18/h2-10,18H,11-16H2,1H3. The number of fused-ring (bicyclic) bond motifs is 1. The molecule has 0 spiro atoms. The summed E-state index contributed by atoms with van der Waals surface area (Å²) in [5, 5.41) is 1.26. The van der Waals surface area contributed by atoms with Crippen LogP contribution in [0.1, 0.15) is 24.4 Å². The van der Waals surface area contributed by atoms with Gasteiger partial charge < -0.3 is 9.64 Å². The Balaban J connectivity index is 1.53. The van der Waals surface area contributed by atoms with Crippen molar-refractivity contribution >= 4 is 28.6 Å². The van der Waals surface area contributed by atoms with E-state index in [1.54, 1.807) is 16.6 Å². The van der Waals surface area contributed by atoms with Gasteiger partial charge in [0.25, 0.3) is 5.56 Å². The number of benzene rings is 2. The highest BCUT2D eigenvalue weighted by Gasteiger charge is 2.29. The predicted octanol–water partition coefficient (Wildman–Crippen LogP) is 3.50. The minimum Gasteiger partial charge on any atom is -0.383 e. The van der Waals surface area contributed by atoms with Crippen molar-refractivity contribution in [3.05, 3.63) is 70.5 Å². The fraction of sp³-hybridized carbons (Fsp3) is 0.348. The second-order valence-electron chi connectivity index (χ2n) is 7.40. The van der Waals surface area contributed by atoms with Crippen molar-refractivity contribution < 1.29 is 9.53 Å². The lowest BCUT2D eigenvalue weighted by molar-refractivity contribution is -0.129. The van der Waals surface area contributed by atoms with E-state index in [1.165, 1.54) is 11.8 Å². The van der Waals surface area contributed by atoms with Crippen LogP contribution in [0.25, 0.3) is 10.9 Å². The zero-order valence-corrected chi connectivity index (χ0v) is 17.8. The van der Waals surface area contributed by atoms with Crippen LogP contribution in [0.3, 0.4) is 0 Å². The van der Waals surface area contributed by atoms with Gasteiger partial charge in [-0.05, 0) is 30.5 Å². The smallest absolute Gasteiger partial charge is 0.262 e. The zero-order chi connectivity index (χ0) is 20.9. The van der Waals surface area contributed by atoms with Gasteiger partial charge in [-0.2, -0.15) is 0 Å². The monoisotopic (exact) mass is 423 g/mol. The van der Waals surface area contributed by atoms with Gasteiger partial charge >= 0.3 is 0 Å². The molecule has 1 aliphatic rings. The van der Waals surface area contributed by atoms with Crippen molar-refractivity contribution in [2.75, 3.05) is 26.0 Å². The third kappa shape index (κ3) is 4.74. The van der Waals surface area contributed by atoms with Gasteiger partial charge in [0.2, 0.25) is 5.91 Å². The van der Waals surface area contributed by atoms with E-state index in [4.69, 9.17) is 9.72 Å². The lowest BCUT2D eigenvalue weighted by atomic mass is 10.2. The summed E-state index contributed by atoms with van der Waals surface area (Å²) in [6, 6.07) is 17.5. The van der Waals surface area contributed by atoms with Gasteiger partial charge in [-0.25, -0.2) is 4.98 Å². The molecule has 1 heterocycles. The fourth-order valence-electron chi connectivity index (χ4n) is 3.40. The predicted molar refractivity (Wildman–Crippen MR) is 119 cm³/mol. The molecule has 0 N–H and O–H groups in total. The summed E-state index contributed by atoms with van der Waals surface area (Å²) in [6.45, 7) is 1.53. The first-order chi connectivity index (χ1) is 14.7. The van der Waals surface area contributed by atoms with E-state index >= 15 is 0 Å². The summed E-state index contributed by atoms with van der Waals surface area (Å²) < 4.78 is 6.96. The minimum absolute atomic E-state index is 0.00524. The van der Waals surface area contributed by atoms with Crippen molar-refractivity contribution in [2.24, 2.45) is 0 Å². The van der Waals surface area contributed by atoms with Gasteiger partial charge in [-0.15, -0.1) is 0 Å². The van der Waals surface area contributed by atoms with Crippen LogP contribution in [0.2, 0.25) is 0 Å². The molecule has 0 bridgehead atoms. The maximum atomic E-state index is 13.0. The summed E-state index contributed by atoms with van der Waals surface area (Å²) in [6.07, 6.45) is 1.96. The Bertz CT molecular complexity index is 1080. The molecule has 1 aliphatic carbocycles. The van der Waals surface area contributed by atoms with Crippen LogP contribution in [0.4, 0.5) is 0 Å². The van der Waals surface area contributed by atoms with Gasteiger partial charge in [0.05, 0.1) is 23.3 Å². The summed E-state index contributed by atoms with van der Waals surface area (Å²) in [5.74, 6) is 0.235. The van der Waals surface area contributed by atoms with Crippen LogP contribution in [0.15, 0.2) is 64.5 Å². The Morgan fingerprint density at radius 3 is 2.63 bits per heavy atom. The van der Waals surface area contributed by atoms with Gasteiger partial charge in [0, 0.05) is 26.2 Å². The molecule has 1 saturated carbocycles. The molecule has 0 aliphatic heterocycles. The Morgan fingerprint density at radius 2 is 1.90 bits per heavy atom. The van der Waals surface area contributed by atoms with Crippen molar-refractivity contribution in [2.45, 2.75) is 30.6 Å².